The van der Waals surface area contributed by atoms with Gasteiger partial charge in [0.1, 0.15) is 12.5 Å². The Morgan fingerprint density at radius 1 is 1.50 bits per heavy atom. The van der Waals surface area contributed by atoms with Gasteiger partial charge in [-0.05, 0) is 12.1 Å². The average Bonchev–Trinajstić information content (AvgIpc) is 2.27. The minimum absolute atomic E-state index is 0.00992. The number of halogens is 3. The van der Waals surface area contributed by atoms with Gasteiger partial charge in [-0.15, -0.1) is 11.6 Å². The van der Waals surface area contributed by atoms with Crippen LogP contribution in [0.3, 0.4) is 0 Å². The molecule has 0 fully saturated rings. The molecule has 0 saturated carbocycles. The van der Waals surface area contributed by atoms with Crippen LogP contribution in [0.5, 0.6) is 5.75 Å². The van der Waals surface area contributed by atoms with Crippen LogP contribution in [0.1, 0.15) is 0 Å². The number of nitrogens with one attached hydrogen (secondary N) is 1. The molecule has 0 bridgehead atoms. The molecule has 16 heavy (non-hydrogen) atoms. The molecule has 0 saturated heterocycles. The Labute approximate surface area is 102 Å². The summed E-state index contributed by atoms with van der Waals surface area (Å²) in [7, 11) is 0. The van der Waals surface area contributed by atoms with E-state index in [2.05, 4.69) is 5.32 Å². The van der Waals surface area contributed by atoms with Crippen LogP contribution in [-0.4, -0.2) is 24.9 Å². The van der Waals surface area contributed by atoms with Crippen LogP contribution < -0.4 is 10.1 Å². The number of carbonyl (C=O) groups is 1. The zero-order valence-corrected chi connectivity index (χ0v) is 9.82. The Bertz CT molecular complexity index is 354. The Morgan fingerprint density at radius 2 is 2.25 bits per heavy atom. The topological polar surface area (TPSA) is 38.3 Å². The fourth-order valence-electron chi connectivity index (χ4n) is 1.01. The molecule has 0 aliphatic rings. The van der Waals surface area contributed by atoms with Crippen molar-refractivity contribution in [3.63, 3.8) is 0 Å². The van der Waals surface area contributed by atoms with Crippen LogP contribution in [-0.2, 0) is 4.79 Å². The van der Waals surface area contributed by atoms with Gasteiger partial charge >= 0.3 is 0 Å². The molecule has 1 N–H and O–H groups in total. The van der Waals surface area contributed by atoms with Gasteiger partial charge in [0.05, 0.1) is 11.6 Å². The second-order valence-electron chi connectivity index (χ2n) is 2.88. The quantitative estimate of drug-likeness (QED) is 0.655. The molecule has 88 valence electrons. The lowest BCUT2D eigenvalue weighted by molar-refractivity contribution is -0.118. The summed E-state index contributed by atoms with van der Waals surface area (Å²) in [6.45, 7) is 0.375. The van der Waals surface area contributed by atoms with Crippen molar-refractivity contribution in [2.75, 3.05) is 19.0 Å². The van der Waals surface area contributed by atoms with Crippen molar-refractivity contribution >= 4 is 29.1 Å². The van der Waals surface area contributed by atoms with Crippen LogP contribution in [0.15, 0.2) is 18.2 Å². The van der Waals surface area contributed by atoms with Crippen LogP contribution in [0.2, 0.25) is 5.02 Å². The van der Waals surface area contributed by atoms with E-state index < -0.39 is 5.82 Å². The first-order valence-corrected chi connectivity index (χ1v) is 5.46. The van der Waals surface area contributed by atoms with E-state index in [-0.39, 0.29) is 35.7 Å². The number of rotatable bonds is 5. The van der Waals surface area contributed by atoms with E-state index in [1.807, 2.05) is 0 Å². The average molecular weight is 266 g/mol. The lowest BCUT2D eigenvalue weighted by Crippen LogP contribution is -2.28. The van der Waals surface area contributed by atoms with Crippen molar-refractivity contribution in [3.8, 4) is 5.75 Å². The number of carbonyl (C=O) groups excluding carboxylic acids is 1. The van der Waals surface area contributed by atoms with E-state index >= 15 is 0 Å². The SMILES string of the molecule is O=C(CCl)NCCOc1c(F)cccc1Cl. The van der Waals surface area contributed by atoms with Crippen LogP contribution >= 0.6 is 23.2 Å². The number of benzene rings is 1. The van der Waals surface area contributed by atoms with Crippen molar-refractivity contribution in [2.24, 2.45) is 0 Å². The summed E-state index contributed by atoms with van der Waals surface area (Å²) in [5.74, 6) is -0.953. The van der Waals surface area contributed by atoms with Crippen LogP contribution in [0, 0.1) is 5.82 Å². The minimum Gasteiger partial charge on any atom is -0.487 e. The lowest BCUT2D eigenvalue weighted by Gasteiger charge is -2.09. The first-order chi connectivity index (χ1) is 7.65. The predicted octanol–water partition coefficient (Wildman–Crippen LogP) is 2.21. The summed E-state index contributed by atoms with van der Waals surface area (Å²) >= 11 is 11.0. The highest BCUT2D eigenvalue weighted by Gasteiger charge is 2.07. The molecule has 1 rings (SSSR count). The monoisotopic (exact) mass is 265 g/mol. The van der Waals surface area contributed by atoms with Crippen molar-refractivity contribution in [3.05, 3.63) is 29.0 Å². The van der Waals surface area contributed by atoms with Crippen molar-refractivity contribution in [1.29, 1.82) is 0 Å². The highest BCUT2D eigenvalue weighted by molar-refractivity contribution is 6.32. The second-order valence-corrected chi connectivity index (χ2v) is 3.56. The largest absolute Gasteiger partial charge is 0.487 e. The van der Waals surface area contributed by atoms with Crippen molar-refractivity contribution in [2.45, 2.75) is 0 Å². The Balaban J connectivity index is 2.40. The zero-order chi connectivity index (χ0) is 12.0. The normalized spacial score (nSPS) is 9.94. The van der Waals surface area contributed by atoms with Gasteiger partial charge in [0.25, 0.3) is 0 Å². The Kier molecular flexibility index (Phi) is 5.35. The van der Waals surface area contributed by atoms with Gasteiger partial charge in [0, 0.05) is 0 Å². The molecule has 0 atom stereocenters. The van der Waals surface area contributed by atoms with Gasteiger partial charge in [-0.1, -0.05) is 17.7 Å². The number of hydrogen-bond acceptors (Lipinski definition) is 2. The van der Waals surface area contributed by atoms with Gasteiger partial charge in [0.15, 0.2) is 11.6 Å². The molecule has 0 aliphatic carbocycles. The number of amides is 1. The molecule has 1 aromatic rings. The second kappa shape index (κ2) is 6.55. The Morgan fingerprint density at radius 3 is 2.88 bits per heavy atom. The van der Waals surface area contributed by atoms with E-state index in [0.717, 1.165) is 0 Å². The van der Waals surface area contributed by atoms with E-state index in [0.29, 0.717) is 0 Å². The third-order valence-corrected chi connectivity index (χ3v) is 2.25. The summed E-state index contributed by atoms with van der Waals surface area (Å²) in [5, 5.41) is 2.68. The van der Waals surface area contributed by atoms with Crippen LogP contribution in [0.4, 0.5) is 4.39 Å². The predicted molar refractivity (Wildman–Crippen MR) is 60.6 cm³/mol. The molecule has 6 heteroatoms. The Hall–Kier alpha value is -1.00. The van der Waals surface area contributed by atoms with E-state index in [1.165, 1.54) is 18.2 Å². The number of ether oxygens (including phenoxy) is 1. The standard InChI is InChI=1S/C10H10Cl2FNO2/c11-6-9(15)14-4-5-16-10-7(12)2-1-3-8(10)13/h1-3H,4-6H2,(H,14,15). The van der Waals surface area contributed by atoms with Gasteiger partial charge in [0.2, 0.25) is 5.91 Å². The summed E-state index contributed by atoms with van der Waals surface area (Å²) < 4.78 is 18.3. The molecule has 0 aliphatic heterocycles. The van der Waals surface area contributed by atoms with Crippen LogP contribution in [0.25, 0.3) is 0 Å². The first kappa shape index (κ1) is 13.1. The molecule has 3 nitrogen and oxygen atoms in total. The molecule has 0 unspecified atom stereocenters. The number of para-hydroxylation sites is 1. The smallest absolute Gasteiger partial charge is 0.235 e. The molecule has 0 spiro atoms. The van der Waals surface area contributed by atoms with Crippen molar-refractivity contribution in [1.82, 2.24) is 5.32 Å². The molecular weight excluding hydrogens is 256 g/mol. The third kappa shape index (κ3) is 3.87. The van der Waals surface area contributed by atoms with Gasteiger partial charge in [-0.3, -0.25) is 4.79 Å². The maximum atomic E-state index is 13.2. The molecule has 0 heterocycles. The summed E-state index contributed by atoms with van der Waals surface area (Å²) in [6, 6.07) is 4.26. The minimum atomic E-state index is -0.531. The van der Waals surface area contributed by atoms with E-state index in [4.69, 9.17) is 27.9 Å². The first-order valence-electron chi connectivity index (χ1n) is 4.54. The fraction of sp³-hybridized carbons (Fsp3) is 0.300. The lowest BCUT2D eigenvalue weighted by atomic mass is 10.3. The summed E-state index contributed by atoms with van der Waals surface area (Å²) in [5.41, 5.74) is 0. The molecular formula is C10H10Cl2FNO2. The third-order valence-electron chi connectivity index (χ3n) is 1.71. The highest BCUT2D eigenvalue weighted by Crippen LogP contribution is 2.26. The molecule has 1 amide bonds. The van der Waals surface area contributed by atoms with Gasteiger partial charge < -0.3 is 10.1 Å². The highest BCUT2D eigenvalue weighted by atomic mass is 35.5. The number of alkyl halides is 1. The zero-order valence-electron chi connectivity index (χ0n) is 8.30. The van der Waals surface area contributed by atoms with Crippen molar-refractivity contribution < 1.29 is 13.9 Å². The van der Waals surface area contributed by atoms with E-state index in [9.17, 15) is 9.18 Å². The summed E-state index contributed by atoms with van der Waals surface area (Å²) in [4.78, 5) is 10.8. The number of hydrogen-bond donors (Lipinski definition) is 1. The fourth-order valence-corrected chi connectivity index (χ4v) is 1.32. The van der Waals surface area contributed by atoms with Gasteiger partial charge in [-0.25, -0.2) is 4.39 Å². The van der Waals surface area contributed by atoms with E-state index in [1.54, 1.807) is 0 Å². The molecule has 1 aromatic carbocycles. The summed E-state index contributed by atoms with van der Waals surface area (Å²) in [6.07, 6.45) is 0. The van der Waals surface area contributed by atoms with Gasteiger partial charge in [-0.2, -0.15) is 0 Å². The molecule has 0 aromatic heterocycles. The maximum absolute atomic E-state index is 13.2. The molecule has 0 radical (unpaired) electrons. The maximum Gasteiger partial charge on any atom is 0.235 e.